The van der Waals surface area contributed by atoms with Gasteiger partial charge >= 0.3 is 18.0 Å². The molecule has 1 atom stereocenters. The number of carbonyl (C=O) groups excluding carboxylic acids is 3. The number of rotatable bonds is 5. The van der Waals surface area contributed by atoms with Gasteiger partial charge in [0.1, 0.15) is 12.6 Å². The molecule has 0 fully saturated rings. The summed E-state index contributed by atoms with van der Waals surface area (Å²) in [6, 6.07) is 14.7. The molecule has 30 heavy (non-hydrogen) atoms. The number of aliphatic carboxylic acids is 1. The third-order valence-corrected chi connectivity index (χ3v) is 4.86. The molecule has 9 heteroatoms. The first-order valence-corrected chi connectivity index (χ1v) is 9.37. The van der Waals surface area contributed by atoms with E-state index in [-0.39, 0.29) is 18.9 Å². The lowest BCUT2D eigenvalue weighted by molar-refractivity contribution is -0.151. The van der Waals surface area contributed by atoms with Gasteiger partial charge in [-0.1, -0.05) is 55.5 Å². The fraction of sp³-hybridized carbons (Fsp3) is 0.238. The molecule has 0 spiro atoms. The smallest absolute Gasteiger partial charge is 0.426 e. The van der Waals surface area contributed by atoms with Crippen LogP contribution in [-0.4, -0.2) is 41.6 Å². The van der Waals surface area contributed by atoms with Crippen molar-refractivity contribution in [3.63, 3.8) is 0 Å². The summed E-state index contributed by atoms with van der Waals surface area (Å²) in [4.78, 5) is 45.9. The number of carbonyl (C=O) groups is 4. The molecule has 4 N–H and O–H groups in total. The molecule has 2 aromatic rings. The van der Waals surface area contributed by atoms with Crippen molar-refractivity contribution >= 4 is 23.9 Å². The molecule has 0 radical (unpaired) electrons. The summed E-state index contributed by atoms with van der Waals surface area (Å²) < 4.78 is 5.28. The Kier molecular flexibility index (Phi) is 6.31. The molecular formula is C21H21N3O6. The lowest BCUT2D eigenvalue weighted by Gasteiger charge is -2.17. The maximum absolute atomic E-state index is 12.0. The monoisotopic (exact) mass is 411 g/mol. The fourth-order valence-electron chi connectivity index (χ4n) is 3.41. The number of ether oxygens (including phenoxy) is 1. The summed E-state index contributed by atoms with van der Waals surface area (Å²) in [5.41, 5.74) is 8.53. The van der Waals surface area contributed by atoms with E-state index in [9.17, 15) is 19.2 Å². The predicted octanol–water partition coefficient (Wildman–Crippen LogP) is 1.54. The molecule has 0 aliphatic heterocycles. The van der Waals surface area contributed by atoms with E-state index in [4.69, 9.17) is 9.84 Å². The zero-order chi connectivity index (χ0) is 21.7. The number of nitrogens with one attached hydrogen (secondary N) is 3. The van der Waals surface area contributed by atoms with Gasteiger partial charge in [0, 0.05) is 5.92 Å². The number of hydrogen-bond acceptors (Lipinski definition) is 5. The molecule has 0 aromatic heterocycles. The SMILES string of the molecule is CCC(NC(=O)C(=O)O)C(=O)NNC(=O)OCC1c2ccccc2-c2ccccc21. The Morgan fingerprint density at radius 3 is 2.07 bits per heavy atom. The van der Waals surface area contributed by atoms with Gasteiger partial charge < -0.3 is 15.2 Å². The second kappa shape index (κ2) is 9.08. The summed E-state index contributed by atoms with van der Waals surface area (Å²) in [6.07, 6.45) is -0.735. The third-order valence-electron chi connectivity index (χ3n) is 4.86. The highest BCUT2D eigenvalue weighted by Crippen LogP contribution is 2.44. The van der Waals surface area contributed by atoms with Crippen LogP contribution in [-0.2, 0) is 19.1 Å². The zero-order valence-electron chi connectivity index (χ0n) is 16.2. The van der Waals surface area contributed by atoms with E-state index in [1.165, 1.54) is 0 Å². The van der Waals surface area contributed by atoms with Crippen LogP contribution in [0.4, 0.5) is 4.79 Å². The summed E-state index contributed by atoms with van der Waals surface area (Å²) in [5.74, 6) is -3.90. The molecule has 0 heterocycles. The Hall–Kier alpha value is -3.88. The largest absolute Gasteiger partial charge is 0.474 e. The minimum absolute atomic E-state index is 0.0721. The topological polar surface area (TPSA) is 134 Å². The molecule has 3 amide bonds. The van der Waals surface area contributed by atoms with Crippen LogP contribution in [0.1, 0.15) is 30.4 Å². The highest BCUT2D eigenvalue weighted by molar-refractivity contribution is 6.32. The Balaban J connectivity index is 1.56. The standard InChI is InChI=1S/C21H21N3O6/c1-2-17(22-19(26)20(27)28)18(25)23-24-21(29)30-11-16-14-9-5-3-7-12(14)13-8-4-6-10-15(13)16/h3-10,16-17H,2,11H2,1H3,(H,22,26)(H,23,25)(H,24,29)(H,27,28). The van der Waals surface area contributed by atoms with E-state index < -0.39 is 29.9 Å². The van der Waals surface area contributed by atoms with Crippen LogP contribution in [0.3, 0.4) is 0 Å². The van der Waals surface area contributed by atoms with Crippen LogP contribution in [0, 0.1) is 0 Å². The Bertz CT molecular complexity index is 945. The van der Waals surface area contributed by atoms with Crippen molar-refractivity contribution in [1.82, 2.24) is 16.2 Å². The summed E-state index contributed by atoms with van der Waals surface area (Å²) >= 11 is 0. The number of benzene rings is 2. The molecule has 9 nitrogen and oxygen atoms in total. The highest BCUT2D eigenvalue weighted by Gasteiger charge is 2.29. The number of carboxylic acids is 1. The third kappa shape index (κ3) is 4.40. The molecule has 1 unspecified atom stereocenters. The van der Waals surface area contributed by atoms with E-state index in [0.29, 0.717) is 0 Å². The van der Waals surface area contributed by atoms with Gasteiger partial charge in [-0.05, 0) is 28.7 Å². The molecule has 0 bridgehead atoms. The van der Waals surface area contributed by atoms with Gasteiger partial charge in [0.25, 0.3) is 5.91 Å². The summed E-state index contributed by atoms with van der Waals surface area (Å²) in [5, 5.41) is 10.7. The van der Waals surface area contributed by atoms with E-state index in [2.05, 4.69) is 10.9 Å². The van der Waals surface area contributed by atoms with Gasteiger partial charge in [0.05, 0.1) is 0 Å². The van der Waals surface area contributed by atoms with Crippen molar-refractivity contribution in [2.24, 2.45) is 0 Å². The number of hydrogen-bond donors (Lipinski definition) is 4. The van der Waals surface area contributed by atoms with E-state index in [1.807, 2.05) is 53.8 Å². The van der Waals surface area contributed by atoms with Crippen molar-refractivity contribution < 1.29 is 29.0 Å². The Morgan fingerprint density at radius 1 is 0.967 bits per heavy atom. The number of fused-ring (bicyclic) bond motifs is 3. The molecule has 2 aromatic carbocycles. The van der Waals surface area contributed by atoms with Gasteiger partial charge in [-0.3, -0.25) is 15.0 Å². The van der Waals surface area contributed by atoms with E-state index >= 15 is 0 Å². The van der Waals surface area contributed by atoms with Gasteiger partial charge in [-0.2, -0.15) is 0 Å². The van der Waals surface area contributed by atoms with Gasteiger partial charge in [-0.15, -0.1) is 0 Å². The average Bonchev–Trinajstić information content (AvgIpc) is 3.07. The first-order chi connectivity index (χ1) is 14.4. The van der Waals surface area contributed by atoms with Crippen molar-refractivity contribution in [2.45, 2.75) is 25.3 Å². The summed E-state index contributed by atoms with van der Waals surface area (Å²) in [6.45, 7) is 1.66. The number of hydrazine groups is 1. The van der Waals surface area contributed by atoms with Crippen molar-refractivity contribution in [2.75, 3.05) is 6.61 Å². The van der Waals surface area contributed by atoms with Crippen molar-refractivity contribution in [1.29, 1.82) is 0 Å². The van der Waals surface area contributed by atoms with Gasteiger partial charge in [0.2, 0.25) is 0 Å². The van der Waals surface area contributed by atoms with Crippen LogP contribution >= 0.6 is 0 Å². The van der Waals surface area contributed by atoms with Crippen LogP contribution in [0.5, 0.6) is 0 Å². The first kappa shape index (κ1) is 20.8. The summed E-state index contributed by atoms with van der Waals surface area (Å²) in [7, 11) is 0. The zero-order valence-corrected chi connectivity index (χ0v) is 16.2. The first-order valence-electron chi connectivity index (χ1n) is 9.37. The van der Waals surface area contributed by atoms with E-state index in [0.717, 1.165) is 22.3 Å². The fourth-order valence-corrected chi connectivity index (χ4v) is 3.41. The second-order valence-corrected chi connectivity index (χ2v) is 6.68. The quantitative estimate of drug-likeness (QED) is 0.436. The van der Waals surface area contributed by atoms with E-state index in [1.54, 1.807) is 6.92 Å². The predicted molar refractivity (Wildman–Crippen MR) is 106 cm³/mol. The van der Waals surface area contributed by atoms with Crippen LogP contribution in [0.15, 0.2) is 48.5 Å². The van der Waals surface area contributed by atoms with Gasteiger partial charge in [-0.25, -0.2) is 15.0 Å². The van der Waals surface area contributed by atoms with Crippen LogP contribution in [0.25, 0.3) is 11.1 Å². The van der Waals surface area contributed by atoms with Crippen molar-refractivity contribution in [3.8, 4) is 11.1 Å². The Labute approximate surface area is 172 Å². The minimum atomic E-state index is -1.70. The molecular weight excluding hydrogens is 390 g/mol. The number of amides is 3. The van der Waals surface area contributed by atoms with Crippen LogP contribution in [0.2, 0.25) is 0 Å². The lowest BCUT2D eigenvalue weighted by Crippen LogP contribution is -2.53. The number of carboxylic acid groups (broad SMARTS) is 1. The minimum Gasteiger partial charge on any atom is -0.474 e. The molecule has 1 aliphatic carbocycles. The lowest BCUT2D eigenvalue weighted by atomic mass is 9.98. The molecule has 0 saturated carbocycles. The molecule has 0 saturated heterocycles. The molecule has 1 aliphatic rings. The molecule has 156 valence electrons. The van der Waals surface area contributed by atoms with Crippen molar-refractivity contribution in [3.05, 3.63) is 59.7 Å². The Morgan fingerprint density at radius 2 is 1.53 bits per heavy atom. The van der Waals surface area contributed by atoms with Gasteiger partial charge in [0.15, 0.2) is 0 Å². The van der Waals surface area contributed by atoms with Crippen LogP contribution < -0.4 is 16.2 Å². The average molecular weight is 411 g/mol. The maximum Gasteiger partial charge on any atom is 0.426 e. The second-order valence-electron chi connectivity index (χ2n) is 6.68. The molecule has 3 rings (SSSR count). The maximum atomic E-state index is 12.0. The highest BCUT2D eigenvalue weighted by atomic mass is 16.6. The normalized spacial score (nSPS) is 12.8.